The molecule has 0 aliphatic rings. The molecule has 0 amide bonds. The second-order valence-corrected chi connectivity index (χ2v) is 7.55. The normalized spacial score (nSPS) is 13.4. The van der Waals surface area contributed by atoms with Crippen LogP contribution >= 0.6 is 0 Å². The molecule has 0 aliphatic carbocycles. The van der Waals surface area contributed by atoms with Gasteiger partial charge in [0, 0.05) is 5.57 Å². The smallest absolute Gasteiger partial charge is 0.485 e. The van der Waals surface area contributed by atoms with E-state index in [-0.39, 0.29) is 6.61 Å². The molecule has 1 atom stereocenters. The van der Waals surface area contributed by atoms with E-state index in [1.165, 1.54) is 0 Å². The Kier molecular flexibility index (Phi) is 12.0. The number of aliphatic hydroxyl groups excluding tert-OH is 1. The van der Waals surface area contributed by atoms with Crippen LogP contribution in [-0.2, 0) is 19.6 Å². The van der Waals surface area contributed by atoms with E-state index < -0.39 is 27.7 Å². The molecule has 0 fully saturated rings. The minimum Gasteiger partial charge on any atom is -0.741 e. The molecule has 11 heteroatoms. The van der Waals surface area contributed by atoms with Gasteiger partial charge in [-0.1, -0.05) is 20.4 Å². The second-order valence-electron chi connectivity index (χ2n) is 6.18. The second kappa shape index (κ2) is 11.5. The fourth-order valence-corrected chi connectivity index (χ4v) is 2.23. The third-order valence-corrected chi connectivity index (χ3v) is 3.78. The van der Waals surface area contributed by atoms with Gasteiger partial charge in [-0.3, -0.25) is 0 Å². The van der Waals surface area contributed by atoms with Crippen LogP contribution in [0.15, 0.2) is 12.2 Å². The standard InChI is InChI=1S/C14H28NO3.CHF3O3S/c1-6-8-15(5,9-7-2)10-13(16)11-18-14(17)12(3)4;2-1(3,4)8(5,6)7/h13,16H,3,6-11H2,1-2,4-5H3;(H,5,6,7)/q+1;/p-1. The molecule has 0 saturated heterocycles. The number of esters is 1. The van der Waals surface area contributed by atoms with Crippen molar-refractivity contribution in [2.75, 3.05) is 33.3 Å². The van der Waals surface area contributed by atoms with Gasteiger partial charge in [0.15, 0.2) is 10.1 Å². The fourth-order valence-electron chi connectivity index (χ4n) is 2.23. The zero-order valence-electron chi connectivity index (χ0n) is 15.5. The lowest BCUT2D eigenvalue weighted by Gasteiger charge is -2.35. The highest BCUT2D eigenvalue weighted by Gasteiger charge is 2.36. The van der Waals surface area contributed by atoms with Gasteiger partial charge in [0.1, 0.15) is 19.3 Å². The quantitative estimate of drug-likeness (QED) is 0.205. The summed E-state index contributed by atoms with van der Waals surface area (Å²) in [6, 6.07) is 0. The average Bonchev–Trinajstić information content (AvgIpc) is 2.43. The molecular formula is C15H28F3NO6S. The van der Waals surface area contributed by atoms with E-state index in [4.69, 9.17) is 17.7 Å². The summed E-state index contributed by atoms with van der Waals surface area (Å²) in [7, 11) is -3.95. The van der Waals surface area contributed by atoms with Crippen LogP contribution in [0.1, 0.15) is 33.6 Å². The first-order valence-electron chi connectivity index (χ1n) is 7.96. The molecule has 0 spiro atoms. The van der Waals surface area contributed by atoms with Crippen LogP contribution in [0.4, 0.5) is 13.2 Å². The minimum atomic E-state index is -6.09. The summed E-state index contributed by atoms with van der Waals surface area (Å²) in [5, 5.41) is 9.95. The Balaban J connectivity index is 0. The Morgan fingerprint density at radius 2 is 1.65 bits per heavy atom. The van der Waals surface area contributed by atoms with Gasteiger partial charge in [0.05, 0.1) is 20.1 Å². The van der Waals surface area contributed by atoms with Crippen LogP contribution in [0.5, 0.6) is 0 Å². The maximum atomic E-state index is 11.2. The number of alkyl halides is 3. The van der Waals surface area contributed by atoms with Crippen molar-refractivity contribution in [3.05, 3.63) is 12.2 Å². The van der Waals surface area contributed by atoms with Gasteiger partial charge in [0.25, 0.3) is 0 Å². The van der Waals surface area contributed by atoms with E-state index in [0.717, 1.165) is 30.4 Å². The van der Waals surface area contributed by atoms with E-state index in [9.17, 15) is 23.1 Å². The first kappa shape index (κ1) is 27.1. The summed E-state index contributed by atoms with van der Waals surface area (Å²) in [6.45, 7) is 12.1. The molecule has 0 radical (unpaired) electrons. The van der Waals surface area contributed by atoms with Crippen molar-refractivity contribution in [1.29, 1.82) is 0 Å². The van der Waals surface area contributed by atoms with Crippen molar-refractivity contribution in [3.63, 3.8) is 0 Å². The third kappa shape index (κ3) is 12.2. The van der Waals surface area contributed by atoms with E-state index in [2.05, 4.69) is 27.5 Å². The van der Waals surface area contributed by atoms with Gasteiger partial charge in [-0.25, -0.2) is 13.2 Å². The Labute approximate surface area is 152 Å². The summed E-state index contributed by atoms with van der Waals surface area (Å²) in [5.41, 5.74) is -5.28. The summed E-state index contributed by atoms with van der Waals surface area (Å²) in [5.74, 6) is -0.436. The van der Waals surface area contributed by atoms with Crippen LogP contribution in [0, 0.1) is 0 Å². The number of carbonyl (C=O) groups excluding carboxylic acids is 1. The predicted molar refractivity (Wildman–Crippen MR) is 88.9 cm³/mol. The van der Waals surface area contributed by atoms with Crippen LogP contribution in [-0.4, -0.2) is 73.4 Å². The van der Waals surface area contributed by atoms with Crippen LogP contribution < -0.4 is 0 Å². The van der Waals surface area contributed by atoms with Crippen LogP contribution in [0.2, 0.25) is 0 Å². The highest BCUT2D eigenvalue weighted by molar-refractivity contribution is 7.86. The Bertz CT molecular complexity index is 542. The van der Waals surface area contributed by atoms with Crippen molar-refractivity contribution >= 4 is 16.1 Å². The number of hydrogen-bond donors (Lipinski definition) is 1. The van der Waals surface area contributed by atoms with Gasteiger partial charge in [0.2, 0.25) is 0 Å². The molecule has 0 aromatic carbocycles. The number of hydrogen-bond acceptors (Lipinski definition) is 6. The summed E-state index contributed by atoms with van der Waals surface area (Å²) >= 11 is 0. The maximum absolute atomic E-state index is 11.2. The largest absolute Gasteiger partial charge is 0.741 e. The molecule has 156 valence electrons. The molecule has 0 aliphatic heterocycles. The van der Waals surface area contributed by atoms with E-state index in [1.54, 1.807) is 6.92 Å². The molecule has 0 heterocycles. The lowest BCUT2D eigenvalue weighted by Crippen LogP contribution is -2.50. The van der Waals surface area contributed by atoms with Gasteiger partial charge >= 0.3 is 11.5 Å². The zero-order valence-corrected chi connectivity index (χ0v) is 16.3. The van der Waals surface area contributed by atoms with Crippen molar-refractivity contribution in [1.82, 2.24) is 0 Å². The summed E-state index contributed by atoms with van der Waals surface area (Å²) < 4.78 is 64.7. The van der Waals surface area contributed by atoms with E-state index in [0.29, 0.717) is 12.1 Å². The Morgan fingerprint density at radius 3 is 1.92 bits per heavy atom. The molecule has 1 unspecified atom stereocenters. The van der Waals surface area contributed by atoms with Gasteiger partial charge in [-0.2, -0.15) is 13.2 Å². The maximum Gasteiger partial charge on any atom is 0.485 e. The first-order valence-corrected chi connectivity index (χ1v) is 9.36. The van der Waals surface area contributed by atoms with Crippen molar-refractivity contribution in [3.8, 4) is 0 Å². The van der Waals surface area contributed by atoms with Gasteiger partial charge in [-0.15, -0.1) is 0 Å². The SMILES string of the molecule is C=C(C)C(=O)OCC(O)C[N+](C)(CCC)CCC.O=S(=O)([O-])C(F)(F)F. The van der Waals surface area contributed by atoms with Crippen molar-refractivity contribution < 1.29 is 45.3 Å². The number of ether oxygens (including phenoxy) is 1. The van der Waals surface area contributed by atoms with E-state index in [1.807, 2.05) is 0 Å². The van der Waals surface area contributed by atoms with Gasteiger partial charge in [-0.05, 0) is 19.8 Å². The number of halogens is 3. The first-order chi connectivity index (χ1) is 11.6. The highest BCUT2D eigenvalue weighted by atomic mass is 32.2. The molecule has 26 heavy (non-hydrogen) atoms. The molecular weight excluding hydrogens is 379 g/mol. The van der Waals surface area contributed by atoms with Crippen molar-refractivity contribution in [2.45, 2.75) is 45.2 Å². The van der Waals surface area contributed by atoms with Crippen molar-refractivity contribution in [2.24, 2.45) is 0 Å². The third-order valence-electron chi connectivity index (χ3n) is 3.22. The number of nitrogens with zero attached hydrogens (tertiary/aromatic N) is 1. The fraction of sp³-hybridized carbons (Fsp3) is 0.800. The lowest BCUT2D eigenvalue weighted by atomic mass is 10.2. The number of likely N-dealkylation sites (N-methyl/N-ethyl adjacent to an activating group) is 1. The molecule has 0 bridgehead atoms. The minimum absolute atomic E-state index is 0.0486. The van der Waals surface area contributed by atoms with Gasteiger partial charge < -0.3 is 18.9 Å². The lowest BCUT2D eigenvalue weighted by molar-refractivity contribution is -0.912. The molecule has 0 aromatic heterocycles. The molecule has 1 N–H and O–H groups in total. The molecule has 0 saturated carbocycles. The summed E-state index contributed by atoms with van der Waals surface area (Å²) in [6.07, 6.45) is 1.54. The predicted octanol–water partition coefficient (Wildman–Crippen LogP) is 1.78. The monoisotopic (exact) mass is 407 g/mol. The zero-order chi connectivity index (χ0) is 21.2. The Hall–Kier alpha value is -1.17. The van der Waals surface area contributed by atoms with E-state index >= 15 is 0 Å². The number of rotatable bonds is 9. The number of carbonyl (C=O) groups is 1. The molecule has 0 aromatic rings. The Morgan fingerprint density at radius 1 is 1.27 bits per heavy atom. The summed E-state index contributed by atoms with van der Waals surface area (Å²) in [4.78, 5) is 11.2. The highest BCUT2D eigenvalue weighted by Crippen LogP contribution is 2.20. The topological polar surface area (TPSA) is 104 Å². The number of quaternary nitrogens is 1. The van der Waals surface area contributed by atoms with Crippen LogP contribution in [0.3, 0.4) is 0 Å². The molecule has 0 rings (SSSR count). The number of aliphatic hydroxyl groups is 1. The van der Waals surface area contributed by atoms with Crippen LogP contribution in [0.25, 0.3) is 0 Å². The molecule has 7 nitrogen and oxygen atoms in total. The average molecular weight is 407 g/mol.